The molecule has 3 aromatic heterocycles. The summed E-state index contributed by atoms with van der Waals surface area (Å²) in [7, 11) is 0. The second-order valence-corrected chi connectivity index (χ2v) is 12.3. The van der Waals surface area contributed by atoms with Crippen LogP contribution in [0.2, 0.25) is 0 Å². The maximum atomic E-state index is 5.11. The van der Waals surface area contributed by atoms with Crippen LogP contribution in [0.1, 0.15) is 0 Å². The van der Waals surface area contributed by atoms with Crippen LogP contribution in [0, 0.1) is 12.1 Å². The summed E-state index contributed by atoms with van der Waals surface area (Å²) in [6.45, 7) is 0. The molecule has 0 saturated carbocycles. The van der Waals surface area contributed by atoms with Crippen molar-refractivity contribution in [1.29, 1.82) is 0 Å². The maximum absolute atomic E-state index is 5.11. The van der Waals surface area contributed by atoms with Crippen LogP contribution >= 0.6 is 11.3 Å². The molecule has 224 valence electrons. The zero-order valence-corrected chi connectivity index (χ0v) is 28.1. The Hall–Kier alpha value is -5.15. The van der Waals surface area contributed by atoms with Crippen LogP contribution in [0.5, 0.6) is 0 Å². The molecule has 0 saturated heterocycles. The number of hydrogen-bond donors (Lipinski definition) is 0. The van der Waals surface area contributed by atoms with Crippen LogP contribution in [-0.2, 0) is 21.1 Å². The van der Waals surface area contributed by atoms with Gasteiger partial charge in [-0.1, -0.05) is 102 Å². The van der Waals surface area contributed by atoms with Gasteiger partial charge in [-0.3, -0.25) is 4.98 Å². The first-order valence-corrected chi connectivity index (χ1v) is 16.1. The van der Waals surface area contributed by atoms with E-state index in [1.807, 2.05) is 30.5 Å². The summed E-state index contributed by atoms with van der Waals surface area (Å²) in [6.07, 6.45) is 1.82. The fraction of sp³-hybridized carbons (Fsp3) is 0. The summed E-state index contributed by atoms with van der Waals surface area (Å²) in [6, 6.07) is 58.2. The summed E-state index contributed by atoms with van der Waals surface area (Å²) < 4.78 is 3.43. The minimum atomic E-state index is 0. The predicted molar refractivity (Wildman–Crippen MR) is 191 cm³/mol. The van der Waals surface area contributed by atoms with Gasteiger partial charge in [0.25, 0.3) is 0 Å². The topological polar surface area (TPSA) is 30.7 Å². The monoisotopic (exact) mass is 798 g/mol. The number of aromatic nitrogens is 3. The SMILES string of the molecule is [Pt+2].[c-]1c(-c2ccccn2)cccc1-n1c2[c-]c(-c3nc4cccc(-c5ccc(-c6ccccc6)cc5)c4s3)ccc2c2ccccc21. The van der Waals surface area contributed by atoms with Gasteiger partial charge in [0.2, 0.25) is 0 Å². The standard InChI is InChI=1S/C42H25N3S.Pt/c1-2-10-28(11-3-1)29-19-21-30(22-20-29)34-15-9-17-38-41(34)46-42(44-38)32-23-24-36-35-14-4-5-18-39(35)45(40(36)27-32)33-13-8-12-31(26-33)37-16-6-7-25-43-37;/h1-25H;/q-2;+2. The molecule has 6 aromatic carbocycles. The molecule has 3 heterocycles. The zero-order chi connectivity index (χ0) is 30.5. The van der Waals surface area contributed by atoms with E-state index in [9.17, 15) is 0 Å². The van der Waals surface area contributed by atoms with Crippen LogP contribution in [0.3, 0.4) is 0 Å². The van der Waals surface area contributed by atoms with Crippen molar-refractivity contribution in [2.45, 2.75) is 0 Å². The third kappa shape index (κ3) is 5.20. The molecule has 0 bridgehead atoms. The second kappa shape index (κ2) is 12.2. The molecule has 0 aliphatic rings. The molecule has 0 fully saturated rings. The van der Waals surface area contributed by atoms with Gasteiger partial charge >= 0.3 is 21.1 Å². The first-order chi connectivity index (χ1) is 22.8. The van der Waals surface area contributed by atoms with Crippen molar-refractivity contribution >= 4 is 43.4 Å². The Bertz CT molecular complexity index is 2520. The van der Waals surface area contributed by atoms with E-state index in [1.54, 1.807) is 11.3 Å². The Morgan fingerprint density at radius 1 is 0.553 bits per heavy atom. The third-order valence-corrected chi connectivity index (χ3v) is 9.63. The van der Waals surface area contributed by atoms with E-state index in [1.165, 1.54) is 32.3 Å². The van der Waals surface area contributed by atoms with E-state index in [4.69, 9.17) is 4.98 Å². The Kier molecular flexibility index (Phi) is 7.61. The second-order valence-electron chi connectivity index (χ2n) is 11.3. The summed E-state index contributed by atoms with van der Waals surface area (Å²) in [5.74, 6) is 0. The van der Waals surface area contributed by atoms with Crippen molar-refractivity contribution in [3.05, 3.63) is 164 Å². The van der Waals surface area contributed by atoms with Crippen molar-refractivity contribution in [3.8, 4) is 49.8 Å². The molecule has 0 amide bonds. The van der Waals surface area contributed by atoms with E-state index < -0.39 is 0 Å². The van der Waals surface area contributed by atoms with Gasteiger partial charge in [0.15, 0.2) is 0 Å². The number of pyridine rings is 1. The number of fused-ring (bicyclic) bond motifs is 4. The Balaban J connectivity index is 0.00000324. The van der Waals surface area contributed by atoms with E-state index in [-0.39, 0.29) is 21.1 Å². The van der Waals surface area contributed by atoms with E-state index in [0.717, 1.165) is 49.5 Å². The van der Waals surface area contributed by atoms with Gasteiger partial charge in [-0.05, 0) is 57.2 Å². The molecule has 9 aromatic rings. The molecule has 3 nitrogen and oxygen atoms in total. The zero-order valence-electron chi connectivity index (χ0n) is 25.0. The van der Waals surface area contributed by atoms with Gasteiger partial charge in [0.05, 0.1) is 10.2 Å². The third-order valence-electron chi connectivity index (χ3n) is 8.49. The van der Waals surface area contributed by atoms with Gasteiger partial charge in [0, 0.05) is 22.3 Å². The smallest absolute Gasteiger partial charge is 0.346 e. The maximum Gasteiger partial charge on any atom is 2.00 e. The summed E-state index contributed by atoms with van der Waals surface area (Å²) in [5.41, 5.74) is 11.7. The van der Waals surface area contributed by atoms with Crippen LogP contribution in [0.25, 0.3) is 81.8 Å². The molecule has 0 N–H and O–H groups in total. The first kappa shape index (κ1) is 29.3. The van der Waals surface area contributed by atoms with Gasteiger partial charge < -0.3 is 9.55 Å². The van der Waals surface area contributed by atoms with E-state index >= 15 is 0 Å². The molecule has 0 spiro atoms. The number of nitrogens with zero attached hydrogens (tertiary/aromatic N) is 3. The van der Waals surface area contributed by atoms with Crippen LogP contribution in [0.4, 0.5) is 0 Å². The summed E-state index contributed by atoms with van der Waals surface area (Å²) >= 11 is 1.72. The number of para-hydroxylation sites is 1. The molecular weight excluding hydrogens is 774 g/mol. The molecule has 5 heteroatoms. The molecule has 0 atom stereocenters. The van der Waals surface area contributed by atoms with E-state index in [0.29, 0.717) is 0 Å². The number of benzene rings is 6. The van der Waals surface area contributed by atoms with Gasteiger partial charge in [0.1, 0.15) is 0 Å². The minimum absolute atomic E-state index is 0. The summed E-state index contributed by atoms with van der Waals surface area (Å²) in [4.78, 5) is 9.68. The van der Waals surface area contributed by atoms with Crippen LogP contribution in [-0.4, -0.2) is 14.5 Å². The first-order valence-electron chi connectivity index (χ1n) is 15.3. The average molecular weight is 799 g/mol. The van der Waals surface area contributed by atoms with Crippen molar-refractivity contribution in [3.63, 3.8) is 0 Å². The van der Waals surface area contributed by atoms with Gasteiger partial charge in [-0.15, -0.1) is 53.6 Å². The van der Waals surface area contributed by atoms with Gasteiger partial charge in [-0.2, -0.15) is 11.3 Å². The van der Waals surface area contributed by atoms with Crippen molar-refractivity contribution < 1.29 is 21.1 Å². The molecule has 0 aliphatic carbocycles. The van der Waals surface area contributed by atoms with Crippen LogP contribution in [0.15, 0.2) is 152 Å². The Morgan fingerprint density at radius 2 is 1.32 bits per heavy atom. The molecule has 47 heavy (non-hydrogen) atoms. The fourth-order valence-electron chi connectivity index (χ4n) is 6.29. The van der Waals surface area contributed by atoms with Crippen molar-refractivity contribution in [2.24, 2.45) is 0 Å². The van der Waals surface area contributed by atoms with Crippen molar-refractivity contribution in [1.82, 2.24) is 14.5 Å². The van der Waals surface area contributed by atoms with Gasteiger partial charge in [-0.25, -0.2) is 0 Å². The molecule has 9 rings (SSSR count). The molecule has 0 radical (unpaired) electrons. The fourth-order valence-corrected chi connectivity index (χ4v) is 7.37. The largest absolute Gasteiger partial charge is 2.00 e. The van der Waals surface area contributed by atoms with Crippen molar-refractivity contribution in [2.75, 3.05) is 0 Å². The summed E-state index contributed by atoms with van der Waals surface area (Å²) in [5, 5.41) is 3.28. The number of thiazole rings is 1. The molecular formula is C42H25N3PtS. The number of hydrogen-bond acceptors (Lipinski definition) is 3. The quantitative estimate of drug-likeness (QED) is 0.162. The average Bonchev–Trinajstić information content (AvgIpc) is 3.72. The predicted octanol–water partition coefficient (Wildman–Crippen LogP) is 11.1. The molecule has 0 unspecified atom stereocenters. The van der Waals surface area contributed by atoms with Crippen LogP contribution < -0.4 is 0 Å². The Labute approximate surface area is 291 Å². The van der Waals surface area contributed by atoms with E-state index in [2.05, 4.69) is 143 Å². The Morgan fingerprint density at radius 3 is 2.17 bits per heavy atom. The number of rotatable bonds is 5. The normalized spacial score (nSPS) is 11.2. The minimum Gasteiger partial charge on any atom is -0.346 e. The molecule has 0 aliphatic heterocycles.